The Hall–Kier alpha value is -3.55. The molecule has 0 aliphatic heterocycles. The van der Waals surface area contributed by atoms with Crippen molar-refractivity contribution < 1.29 is 22.7 Å². The molecule has 0 saturated carbocycles. The molecule has 2 aromatic carbocycles. The van der Waals surface area contributed by atoms with E-state index in [1.165, 1.54) is 18.3 Å². The summed E-state index contributed by atoms with van der Waals surface area (Å²) in [5, 5.41) is 5.22. The van der Waals surface area contributed by atoms with E-state index >= 15 is 0 Å². The van der Waals surface area contributed by atoms with Gasteiger partial charge >= 0.3 is 0 Å². The van der Waals surface area contributed by atoms with Gasteiger partial charge in [0, 0.05) is 23.5 Å². The van der Waals surface area contributed by atoms with Crippen LogP contribution in [-0.4, -0.2) is 18.0 Å². The lowest BCUT2D eigenvalue weighted by Crippen LogP contribution is -2.14. The third-order valence-electron chi connectivity index (χ3n) is 3.65. The molecule has 2 N–H and O–H groups in total. The van der Waals surface area contributed by atoms with Gasteiger partial charge in [0.1, 0.15) is 11.6 Å². The van der Waals surface area contributed by atoms with Crippen LogP contribution in [0.5, 0.6) is 5.75 Å². The summed E-state index contributed by atoms with van der Waals surface area (Å²) >= 11 is 0. The molecule has 3 aromatic rings. The monoisotopic (exact) mass is 373 g/mol. The Labute approximate surface area is 152 Å². The lowest BCUT2D eigenvalue weighted by atomic mass is 10.2. The topological polar surface area (TPSA) is 63.2 Å². The molecule has 27 heavy (non-hydrogen) atoms. The Morgan fingerprint density at radius 3 is 2.63 bits per heavy atom. The molecule has 8 heteroatoms. The number of rotatable bonds is 5. The average molecular weight is 373 g/mol. The zero-order valence-corrected chi connectivity index (χ0v) is 14.1. The smallest absolute Gasteiger partial charge is 0.255 e. The van der Waals surface area contributed by atoms with Crippen LogP contribution in [0, 0.1) is 17.5 Å². The number of amides is 1. The Morgan fingerprint density at radius 1 is 1.04 bits per heavy atom. The summed E-state index contributed by atoms with van der Waals surface area (Å²) in [6.45, 7) is 0. The number of methoxy groups -OCH3 is 1. The molecule has 3 rings (SSSR count). The second-order valence-electron chi connectivity index (χ2n) is 5.46. The quantitative estimate of drug-likeness (QED) is 0.647. The SMILES string of the molecule is COc1cccc(Nc2cc(C(=O)Nc3ccc(F)c(F)c3F)ccn2)c1. The Kier molecular flexibility index (Phi) is 5.25. The molecule has 0 spiro atoms. The van der Waals surface area contributed by atoms with Gasteiger partial charge in [-0.2, -0.15) is 0 Å². The molecule has 0 bridgehead atoms. The summed E-state index contributed by atoms with van der Waals surface area (Å²) < 4.78 is 45.1. The van der Waals surface area contributed by atoms with Crippen molar-refractivity contribution >= 4 is 23.1 Å². The molecule has 0 saturated heterocycles. The van der Waals surface area contributed by atoms with Crippen LogP contribution in [0.3, 0.4) is 0 Å². The van der Waals surface area contributed by atoms with Crippen molar-refractivity contribution in [1.82, 2.24) is 4.98 Å². The number of ether oxygens (including phenoxy) is 1. The van der Waals surface area contributed by atoms with E-state index in [1.807, 2.05) is 0 Å². The molecule has 138 valence electrons. The van der Waals surface area contributed by atoms with Gasteiger partial charge in [-0.3, -0.25) is 4.79 Å². The minimum absolute atomic E-state index is 0.152. The second-order valence-corrected chi connectivity index (χ2v) is 5.46. The number of halogens is 3. The highest BCUT2D eigenvalue weighted by atomic mass is 19.2. The molecule has 0 unspecified atom stereocenters. The van der Waals surface area contributed by atoms with Crippen LogP contribution < -0.4 is 15.4 Å². The number of nitrogens with zero attached hydrogens (tertiary/aromatic N) is 1. The Morgan fingerprint density at radius 2 is 1.85 bits per heavy atom. The molecule has 1 aromatic heterocycles. The van der Waals surface area contributed by atoms with Crippen LogP contribution in [0.25, 0.3) is 0 Å². The zero-order chi connectivity index (χ0) is 19.4. The van der Waals surface area contributed by atoms with Crippen LogP contribution in [0.4, 0.5) is 30.4 Å². The third kappa shape index (κ3) is 4.17. The van der Waals surface area contributed by atoms with E-state index in [-0.39, 0.29) is 5.56 Å². The first-order valence-electron chi connectivity index (χ1n) is 7.80. The van der Waals surface area contributed by atoms with E-state index in [0.29, 0.717) is 17.3 Å². The fraction of sp³-hybridized carbons (Fsp3) is 0.0526. The van der Waals surface area contributed by atoms with Crippen molar-refractivity contribution in [3.63, 3.8) is 0 Å². The normalized spacial score (nSPS) is 10.4. The first kappa shape index (κ1) is 18.2. The van der Waals surface area contributed by atoms with Crippen LogP contribution in [0.15, 0.2) is 54.7 Å². The predicted molar refractivity (Wildman–Crippen MR) is 94.8 cm³/mol. The van der Waals surface area contributed by atoms with Crippen LogP contribution >= 0.6 is 0 Å². The molecular weight excluding hydrogens is 359 g/mol. The number of hydrogen-bond donors (Lipinski definition) is 2. The minimum atomic E-state index is -1.65. The maximum atomic E-state index is 13.7. The molecule has 0 atom stereocenters. The molecule has 0 fully saturated rings. The molecular formula is C19H14F3N3O2. The first-order chi connectivity index (χ1) is 13.0. The fourth-order valence-corrected chi connectivity index (χ4v) is 2.31. The van der Waals surface area contributed by atoms with E-state index in [9.17, 15) is 18.0 Å². The summed E-state index contributed by atoms with van der Waals surface area (Å²) in [5.41, 5.74) is 0.378. The minimum Gasteiger partial charge on any atom is -0.497 e. The van der Waals surface area contributed by atoms with Gasteiger partial charge in [-0.1, -0.05) is 6.07 Å². The Balaban J connectivity index is 1.78. The van der Waals surface area contributed by atoms with E-state index in [0.717, 1.165) is 12.1 Å². The van der Waals surface area contributed by atoms with Gasteiger partial charge in [0.2, 0.25) is 0 Å². The van der Waals surface area contributed by atoms with Crippen LogP contribution in [-0.2, 0) is 0 Å². The van der Waals surface area contributed by atoms with Crippen LogP contribution in [0.2, 0.25) is 0 Å². The van der Waals surface area contributed by atoms with Gasteiger partial charge in [-0.25, -0.2) is 18.2 Å². The van der Waals surface area contributed by atoms with E-state index in [1.54, 1.807) is 31.4 Å². The number of anilines is 3. The van der Waals surface area contributed by atoms with Crippen LogP contribution in [0.1, 0.15) is 10.4 Å². The summed E-state index contributed by atoms with van der Waals surface area (Å²) in [5.74, 6) is -4.14. The summed E-state index contributed by atoms with van der Waals surface area (Å²) in [7, 11) is 1.54. The van der Waals surface area contributed by atoms with E-state index in [4.69, 9.17) is 4.74 Å². The highest BCUT2D eigenvalue weighted by Crippen LogP contribution is 2.22. The largest absolute Gasteiger partial charge is 0.497 e. The summed E-state index contributed by atoms with van der Waals surface area (Å²) in [4.78, 5) is 16.4. The number of carbonyl (C=O) groups is 1. The van der Waals surface area contributed by atoms with E-state index < -0.39 is 29.0 Å². The number of aromatic nitrogens is 1. The summed E-state index contributed by atoms with van der Waals surface area (Å²) in [6.07, 6.45) is 1.39. The number of pyridine rings is 1. The van der Waals surface area contributed by atoms with Crippen molar-refractivity contribution in [1.29, 1.82) is 0 Å². The van der Waals surface area contributed by atoms with Crippen molar-refractivity contribution in [3.8, 4) is 5.75 Å². The Bertz CT molecular complexity index is 996. The fourth-order valence-electron chi connectivity index (χ4n) is 2.31. The average Bonchev–Trinajstić information content (AvgIpc) is 2.68. The predicted octanol–water partition coefficient (Wildman–Crippen LogP) is 4.50. The van der Waals surface area contributed by atoms with Crippen molar-refractivity contribution in [2.75, 3.05) is 17.7 Å². The molecule has 1 heterocycles. The van der Waals surface area contributed by atoms with Gasteiger partial charge in [-0.05, 0) is 36.4 Å². The number of hydrogen-bond acceptors (Lipinski definition) is 4. The standard InChI is InChI=1S/C19H14F3N3O2/c1-27-13-4-2-3-12(10-13)24-16-9-11(7-8-23-16)19(26)25-15-6-5-14(20)17(21)18(15)22/h2-10H,1H3,(H,23,24)(H,25,26). The second kappa shape index (κ2) is 7.77. The maximum absolute atomic E-state index is 13.7. The highest BCUT2D eigenvalue weighted by Gasteiger charge is 2.16. The number of benzene rings is 2. The van der Waals surface area contributed by atoms with E-state index in [2.05, 4.69) is 15.6 Å². The third-order valence-corrected chi connectivity index (χ3v) is 3.65. The van der Waals surface area contributed by atoms with Crippen molar-refractivity contribution in [2.45, 2.75) is 0 Å². The maximum Gasteiger partial charge on any atom is 0.255 e. The summed E-state index contributed by atoms with van der Waals surface area (Å²) in [6, 6.07) is 11.6. The van der Waals surface area contributed by atoms with Crippen molar-refractivity contribution in [3.05, 3.63) is 77.7 Å². The lowest BCUT2D eigenvalue weighted by molar-refractivity contribution is 0.102. The zero-order valence-electron chi connectivity index (χ0n) is 14.1. The molecule has 5 nitrogen and oxygen atoms in total. The number of carbonyl (C=O) groups excluding carboxylic acids is 1. The first-order valence-corrected chi connectivity index (χ1v) is 7.80. The number of nitrogens with one attached hydrogen (secondary N) is 2. The van der Waals surface area contributed by atoms with Gasteiger partial charge in [-0.15, -0.1) is 0 Å². The van der Waals surface area contributed by atoms with Gasteiger partial charge < -0.3 is 15.4 Å². The van der Waals surface area contributed by atoms with Gasteiger partial charge in [0.25, 0.3) is 5.91 Å². The van der Waals surface area contributed by atoms with Gasteiger partial charge in [0.05, 0.1) is 12.8 Å². The van der Waals surface area contributed by atoms with Gasteiger partial charge in [0.15, 0.2) is 17.5 Å². The molecule has 0 radical (unpaired) electrons. The lowest BCUT2D eigenvalue weighted by Gasteiger charge is -2.10. The molecule has 0 aliphatic rings. The molecule has 0 aliphatic carbocycles. The van der Waals surface area contributed by atoms with Crippen molar-refractivity contribution in [2.24, 2.45) is 0 Å². The highest BCUT2D eigenvalue weighted by molar-refractivity contribution is 6.04. The molecule has 1 amide bonds.